The second kappa shape index (κ2) is 9.37. The highest BCUT2D eigenvalue weighted by Crippen LogP contribution is 2.02. The van der Waals surface area contributed by atoms with Crippen LogP contribution < -0.4 is 5.32 Å². The lowest BCUT2D eigenvalue weighted by Crippen LogP contribution is -2.34. The second-order valence-electron chi connectivity index (χ2n) is 4.23. The van der Waals surface area contributed by atoms with E-state index in [1.165, 1.54) is 0 Å². The molecule has 1 atom stereocenters. The number of rotatable bonds is 7. The van der Waals surface area contributed by atoms with Crippen LogP contribution in [-0.4, -0.2) is 24.7 Å². The molecule has 0 aliphatic rings. The number of nitriles is 1. The maximum Gasteiger partial charge on any atom is 0.408 e. The van der Waals surface area contributed by atoms with Crippen molar-refractivity contribution in [2.24, 2.45) is 0 Å². The standard InChI is InChI=1S/C15H18N2O4/c1-2-20-14(18)9-8-13(10-16)17-15(19)21-11-12-6-4-3-5-7-12/h3-7,13H,2,8-9,11H2,1H3,(H,17,19). The molecular weight excluding hydrogens is 272 g/mol. The number of hydrogen-bond donors (Lipinski definition) is 1. The predicted octanol–water partition coefficient (Wildman–Crippen LogP) is 2.15. The first-order valence-electron chi connectivity index (χ1n) is 6.68. The van der Waals surface area contributed by atoms with Gasteiger partial charge in [0.15, 0.2) is 0 Å². The number of nitrogens with one attached hydrogen (secondary N) is 1. The third-order valence-corrected chi connectivity index (χ3v) is 2.60. The molecule has 1 unspecified atom stereocenters. The number of carbonyl (C=O) groups excluding carboxylic acids is 2. The molecule has 0 aliphatic heterocycles. The summed E-state index contributed by atoms with van der Waals surface area (Å²) in [5, 5.41) is 11.3. The van der Waals surface area contributed by atoms with Gasteiger partial charge in [-0.1, -0.05) is 30.3 Å². The molecule has 0 bridgehead atoms. The van der Waals surface area contributed by atoms with E-state index < -0.39 is 18.1 Å². The number of amides is 1. The number of alkyl carbamates (subject to hydrolysis) is 1. The largest absolute Gasteiger partial charge is 0.466 e. The lowest BCUT2D eigenvalue weighted by Gasteiger charge is -2.11. The molecule has 0 fully saturated rings. The van der Waals surface area contributed by atoms with Crippen LogP contribution in [0.5, 0.6) is 0 Å². The lowest BCUT2D eigenvalue weighted by molar-refractivity contribution is -0.143. The first-order chi connectivity index (χ1) is 10.2. The Morgan fingerprint density at radius 2 is 2.00 bits per heavy atom. The van der Waals surface area contributed by atoms with Crippen LogP contribution in [-0.2, 0) is 20.9 Å². The minimum absolute atomic E-state index is 0.0744. The molecule has 0 aliphatic carbocycles. The van der Waals surface area contributed by atoms with Crippen LogP contribution >= 0.6 is 0 Å². The molecule has 1 aromatic carbocycles. The van der Waals surface area contributed by atoms with Crippen LogP contribution in [0.4, 0.5) is 4.79 Å². The van der Waals surface area contributed by atoms with E-state index in [9.17, 15) is 9.59 Å². The highest BCUT2D eigenvalue weighted by molar-refractivity contribution is 5.70. The molecule has 0 heterocycles. The topological polar surface area (TPSA) is 88.4 Å². The van der Waals surface area contributed by atoms with Gasteiger partial charge >= 0.3 is 12.1 Å². The Morgan fingerprint density at radius 1 is 1.29 bits per heavy atom. The average Bonchev–Trinajstić information content (AvgIpc) is 2.50. The van der Waals surface area contributed by atoms with Gasteiger partial charge in [-0.25, -0.2) is 4.79 Å². The fourth-order valence-corrected chi connectivity index (χ4v) is 1.57. The van der Waals surface area contributed by atoms with E-state index in [4.69, 9.17) is 14.7 Å². The third kappa shape index (κ3) is 6.97. The monoisotopic (exact) mass is 290 g/mol. The summed E-state index contributed by atoms with van der Waals surface area (Å²) in [6.45, 7) is 2.13. The Labute approximate surface area is 123 Å². The molecule has 6 heteroatoms. The van der Waals surface area contributed by atoms with E-state index in [2.05, 4.69) is 5.32 Å². The van der Waals surface area contributed by atoms with Crippen LogP contribution in [0.1, 0.15) is 25.3 Å². The van der Waals surface area contributed by atoms with E-state index >= 15 is 0 Å². The van der Waals surface area contributed by atoms with Gasteiger partial charge in [0.1, 0.15) is 12.6 Å². The van der Waals surface area contributed by atoms with Gasteiger partial charge in [-0.2, -0.15) is 5.26 Å². The highest BCUT2D eigenvalue weighted by Gasteiger charge is 2.14. The number of nitrogens with zero attached hydrogens (tertiary/aromatic N) is 1. The van der Waals surface area contributed by atoms with Crippen molar-refractivity contribution in [3.05, 3.63) is 35.9 Å². The van der Waals surface area contributed by atoms with E-state index in [1.54, 1.807) is 6.92 Å². The van der Waals surface area contributed by atoms with Gasteiger partial charge in [-0.3, -0.25) is 4.79 Å². The van der Waals surface area contributed by atoms with Gasteiger partial charge in [-0.05, 0) is 18.9 Å². The summed E-state index contributed by atoms with van der Waals surface area (Å²) in [5.41, 5.74) is 0.854. The summed E-state index contributed by atoms with van der Waals surface area (Å²) in [6, 6.07) is 10.3. The molecule has 6 nitrogen and oxygen atoms in total. The fraction of sp³-hybridized carbons (Fsp3) is 0.400. The average molecular weight is 290 g/mol. The van der Waals surface area contributed by atoms with E-state index in [0.29, 0.717) is 6.61 Å². The van der Waals surface area contributed by atoms with Crippen molar-refractivity contribution in [2.75, 3.05) is 6.61 Å². The number of hydrogen-bond acceptors (Lipinski definition) is 5. The van der Waals surface area contributed by atoms with Crippen molar-refractivity contribution in [2.45, 2.75) is 32.4 Å². The van der Waals surface area contributed by atoms with Crippen molar-refractivity contribution < 1.29 is 19.1 Å². The van der Waals surface area contributed by atoms with Crippen LogP contribution in [0.25, 0.3) is 0 Å². The molecule has 112 valence electrons. The molecule has 0 saturated carbocycles. The molecule has 1 aromatic rings. The number of benzene rings is 1. The molecule has 1 amide bonds. The maximum atomic E-state index is 11.6. The summed E-state index contributed by atoms with van der Waals surface area (Å²) in [4.78, 5) is 22.7. The Balaban J connectivity index is 2.31. The summed E-state index contributed by atoms with van der Waals surface area (Å²) in [6.07, 6.45) is -0.421. The minimum Gasteiger partial charge on any atom is -0.466 e. The fourth-order valence-electron chi connectivity index (χ4n) is 1.57. The maximum absolute atomic E-state index is 11.6. The lowest BCUT2D eigenvalue weighted by atomic mass is 10.2. The molecule has 0 saturated heterocycles. The van der Waals surface area contributed by atoms with Crippen molar-refractivity contribution in [1.82, 2.24) is 5.32 Å². The minimum atomic E-state index is -0.780. The van der Waals surface area contributed by atoms with Gasteiger partial charge in [0.2, 0.25) is 0 Å². The zero-order chi connectivity index (χ0) is 15.5. The zero-order valence-corrected chi connectivity index (χ0v) is 11.9. The summed E-state index contributed by atoms with van der Waals surface area (Å²) < 4.78 is 9.75. The Bertz CT molecular complexity index is 496. The molecular formula is C15H18N2O4. The Morgan fingerprint density at radius 3 is 2.62 bits per heavy atom. The Hall–Kier alpha value is -2.55. The summed E-state index contributed by atoms with van der Waals surface area (Å²) in [7, 11) is 0. The normalized spacial score (nSPS) is 11.0. The van der Waals surface area contributed by atoms with Crippen LogP contribution in [0.3, 0.4) is 0 Å². The zero-order valence-electron chi connectivity index (χ0n) is 11.9. The van der Waals surface area contributed by atoms with E-state index in [1.807, 2.05) is 36.4 Å². The third-order valence-electron chi connectivity index (χ3n) is 2.60. The number of carbonyl (C=O) groups is 2. The highest BCUT2D eigenvalue weighted by atomic mass is 16.5. The Kier molecular flexibility index (Phi) is 7.36. The van der Waals surface area contributed by atoms with Crippen LogP contribution in [0, 0.1) is 11.3 Å². The summed E-state index contributed by atoms with van der Waals surface area (Å²) >= 11 is 0. The molecule has 0 radical (unpaired) electrons. The van der Waals surface area contributed by atoms with Gasteiger partial charge < -0.3 is 14.8 Å². The first kappa shape index (κ1) is 16.5. The quantitative estimate of drug-likeness (QED) is 0.777. The van der Waals surface area contributed by atoms with Gasteiger partial charge in [0, 0.05) is 6.42 Å². The molecule has 21 heavy (non-hydrogen) atoms. The molecule has 0 spiro atoms. The van der Waals surface area contributed by atoms with Crippen molar-refractivity contribution in [1.29, 1.82) is 5.26 Å². The van der Waals surface area contributed by atoms with Gasteiger partial charge in [0.05, 0.1) is 12.7 Å². The molecule has 0 aromatic heterocycles. The summed E-state index contributed by atoms with van der Waals surface area (Å²) in [5.74, 6) is -0.391. The first-order valence-corrected chi connectivity index (χ1v) is 6.68. The molecule has 1 rings (SSSR count). The SMILES string of the molecule is CCOC(=O)CCC(C#N)NC(=O)OCc1ccccc1. The van der Waals surface area contributed by atoms with E-state index in [0.717, 1.165) is 5.56 Å². The predicted molar refractivity (Wildman–Crippen MR) is 75.0 cm³/mol. The van der Waals surface area contributed by atoms with Crippen LogP contribution in [0.2, 0.25) is 0 Å². The smallest absolute Gasteiger partial charge is 0.408 e. The van der Waals surface area contributed by atoms with Crippen LogP contribution in [0.15, 0.2) is 30.3 Å². The number of ether oxygens (including phenoxy) is 2. The van der Waals surface area contributed by atoms with Crippen molar-refractivity contribution in [3.63, 3.8) is 0 Å². The van der Waals surface area contributed by atoms with Gasteiger partial charge in [-0.15, -0.1) is 0 Å². The van der Waals surface area contributed by atoms with Gasteiger partial charge in [0.25, 0.3) is 0 Å². The van der Waals surface area contributed by atoms with Crippen molar-refractivity contribution >= 4 is 12.1 Å². The second-order valence-corrected chi connectivity index (χ2v) is 4.23. The van der Waals surface area contributed by atoms with E-state index in [-0.39, 0.29) is 19.4 Å². The van der Waals surface area contributed by atoms with Crippen molar-refractivity contribution in [3.8, 4) is 6.07 Å². The molecule has 1 N–H and O–H groups in total. The number of esters is 1.